The number of rotatable bonds is 7. The molecule has 0 aromatic heterocycles. The summed E-state index contributed by atoms with van der Waals surface area (Å²) in [6.07, 6.45) is 6.53. The molecule has 6 nitrogen and oxygen atoms in total. The van der Waals surface area contributed by atoms with E-state index in [1.165, 1.54) is 0 Å². The number of nitrogens with zero attached hydrogens (tertiary/aromatic N) is 2. The van der Waals surface area contributed by atoms with Crippen LogP contribution in [0.25, 0.3) is 0 Å². The van der Waals surface area contributed by atoms with E-state index in [4.69, 9.17) is 0 Å². The third-order valence-corrected chi connectivity index (χ3v) is 9.03. The summed E-state index contributed by atoms with van der Waals surface area (Å²) >= 11 is 0. The lowest BCUT2D eigenvalue weighted by atomic mass is 9.78. The minimum atomic E-state index is -3.60. The van der Waals surface area contributed by atoms with Crippen LogP contribution in [-0.2, 0) is 10.0 Å². The largest absolute Gasteiger partial charge is 0.336 e. The number of sulfonamides is 1. The van der Waals surface area contributed by atoms with Gasteiger partial charge in [-0.25, -0.2) is 8.42 Å². The fraction of sp³-hybridized carbons (Fsp3) is 0.731. The first-order valence-corrected chi connectivity index (χ1v) is 14.0. The smallest absolute Gasteiger partial charge is 0.254 e. The zero-order valence-electron chi connectivity index (χ0n) is 21.4. The van der Waals surface area contributed by atoms with Gasteiger partial charge in [0.05, 0.1) is 4.90 Å². The maximum Gasteiger partial charge on any atom is 0.254 e. The van der Waals surface area contributed by atoms with Crippen molar-refractivity contribution >= 4 is 15.9 Å². The van der Waals surface area contributed by atoms with Crippen molar-refractivity contribution in [3.63, 3.8) is 0 Å². The van der Waals surface area contributed by atoms with E-state index < -0.39 is 10.0 Å². The highest BCUT2D eigenvalue weighted by Gasteiger charge is 2.41. The van der Waals surface area contributed by atoms with Crippen LogP contribution in [0.15, 0.2) is 23.1 Å². The zero-order valence-corrected chi connectivity index (χ0v) is 22.2. The molecule has 1 N–H and O–H groups in total. The minimum Gasteiger partial charge on any atom is -0.336 e. The van der Waals surface area contributed by atoms with Crippen LogP contribution in [0, 0.1) is 6.92 Å². The van der Waals surface area contributed by atoms with E-state index in [2.05, 4.69) is 39.9 Å². The molecule has 1 aromatic carbocycles. The summed E-state index contributed by atoms with van der Waals surface area (Å²) in [5.74, 6) is -0.0583. The number of nitrogens with one attached hydrogen (secondary N) is 1. The molecule has 0 aliphatic carbocycles. The summed E-state index contributed by atoms with van der Waals surface area (Å²) in [5, 5.41) is 3.70. The number of carbonyl (C=O) groups excluding carboxylic acids is 1. The maximum absolute atomic E-state index is 13.8. The first-order valence-electron chi connectivity index (χ1n) is 12.6. The molecule has 2 heterocycles. The third kappa shape index (κ3) is 6.17. The normalized spacial score (nSPS) is 21.6. The van der Waals surface area contributed by atoms with Gasteiger partial charge < -0.3 is 10.2 Å². The highest BCUT2D eigenvalue weighted by atomic mass is 32.2. The van der Waals surface area contributed by atoms with Crippen LogP contribution in [0.2, 0.25) is 0 Å². The van der Waals surface area contributed by atoms with Gasteiger partial charge in [0.15, 0.2) is 0 Å². The van der Waals surface area contributed by atoms with E-state index in [0.29, 0.717) is 30.8 Å². The van der Waals surface area contributed by atoms with Gasteiger partial charge in [0.1, 0.15) is 0 Å². The van der Waals surface area contributed by atoms with Gasteiger partial charge in [0.2, 0.25) is 10.0 Å². The Morgan fingerprint density at radius 2 is 1.70 bits per heavy atom. The summed E-state index contributed by atoms with van der Waals surface area (Å²) in [6.45, 7) is 14.5. The van der Waals surface area contributed by atoms with E-state index >= 15 is 0 Å². The number of hydrogen-bond acceptors (Lipinski definition) is 4. The Bertz CT molecular complexity index is 934. The zero-order chi connectivity index (χ0) is 24.4. The molecule has 1 aromatic rings. The highest BCUT2D eigenvalue weighted by Crippen LogP contribution is 2.33. The predicted molar refractivity (Wildman–Crippen MR) is 134 cm³/mol. The van der Waals surface area contributed by atoms with Crippen molar-refractivity contribution in [2.45, 2.75) is 109 Å². The molecule has 186 valence electrons. The highest BCUT2D eigenvalue weighted by molar-refractivity contribution is 7.89. The number of unbranched alkanes of at least 4 members (excludes halogenated alkanes) is 1. The molecular formula is C26H43N3O3S. The third-order valence-electron chi connectivity index (χ3n) is 6.99. The average molecular weight is 478 g/mol. The molecule has 0 unspecified atom stereocenters. The van der Waals surface area contributed by atoms with Crippen LogP contribution in [0.4, 0.5) is 0 Å². The Labute approximate surface area is 201 Å². The molecule has 1 amide bonds. The molecule has 3 rings (SSSR count). The van der Waals surface area contributed by atoms with E-state index in [1.807, 2.05) is 11.8 Å². The van der Waals surface area contributed by atoms with E-state index in [9.17, 15) is 13.2 Å². The second-order valence-corrected chi connectivity index (χ2v) is 13.2. The fourth-order valence-corrected chi connectivity index (χ4v) is 7.46. The van der Waals surface area contributed by atoms with Gasteiger partial charge in [-0.15, -0.1) is 0 Å². The molecule has 0 atom stereocenters. The molecule has 0 radical (unpaired) electrons. The number of benzene rings is 1. The van der Waals surface area contributed by atoms with Crippen LogP contribution in [-0.4, -0.2) is 60.3 Å². The minimum absolute atomic E-state index is 0.0583. The summed E-state index contributed by atoms with van der Waals surface area (Å²) in [4.78, 5) is 16.1. The van der Waals surface area contributed by atoms with Crippen molar-refractivity contribution < 1.29 is 13.2 Å². The lowest BCUT2D eigenvalue weighted by Gasteiger charge is -2.49. The van der Waals surface area contributed by atoms with Gasteiger partial charge in [0, 0.05) is 42.3 Å². The SMILES string of the molecule is CCCCN(C(=O)c1ccc(C)c(S(=O)(=O)N2CCCCC2)c1)C1CC(C)(C)NC(C)(C)C1. The lowest BCUT2D eigenvalue weighted by Crippen LogP contribution is -2.62. The molecule has 2 fully saturated rings. The Hall–Kier alpha value is -1.44. The van der Waals surface area contributed by atoms with Crippen LogP contribution in [0.1, 0.15) is 95.5 Å². The first kappa shape index (κ1) is 26.2. The molecule has 2 aliphatic heterocycles. The van der Waals surface area contributed by atoms with Gasteiger partial charge in [0.25, 0.3) is 5.91 Å². The Balaban J connectivity index is 1.94. The summed E-state index contributed by atoms with van der Waals surface area (Å²) < 4.78 is 28.4. The molecule has 33 heavy (non-hydrogen) atoms. The van der Waals surface area contributed by atoms with E-state index in [0.717, 1.165) is 44.9 Å². The second kappa shape index (κ2) is 10.0. The second-order valence-electron chi connectivity index (χ2n) is 11.3. The summed E-state index contributed by atoms with van der Waals surface area (Å²) in [6, 6.07) is 5.32. The molecule has 0 bridgehead atoms. The van der Waals surface area contributed by atoms with E-state index in [1.54, 1.807) is 22.5 Å². The molecule has 7 heteroatoms. The monoisotopic (exact) mass is 477 g/mol. The number of hydrogen-bond donors (Lipinski definition) is 1. The number of aryl methyl sites for hydroxylation is 1. The topological polar surface area (TPSA) is 69.7 Å². The summed E-state index contributed by atoms with van der Waals surface area (Å²) in [5.41, 5.74) is 1.02. The van der Waals surface area contributed by atoms with Crippen LogP contribution >= 0.6 is 0 Å². The van der Waals surface area contributed by atoms with Crippen molar-refractivity contribution in [2.24, 2.45) is 0 Å². The van der Waals surface area contributed by atoms with Crippen molar-refractivity contribution in [1.82, 2.24) is 14.5 Å². The molecule has 0 saturated carbocycles. The number of carbonyl (C=O) groups is 1. The molecule has 2 aliphatic rings. The molecule has 0 spiro atoms. The summed E-state index contributed by atoms with van der Waals surface area (Å²) in [7, 11) is -3.60. The number of amides is 1. The van der Waals surface area contributed by atoms with Gasteiger partial charge in [-0.2, -0.15) is 4.31 Å². The van der Waals surface area contributed by atoms with Gasteiger partial charge >= 0.3 is 0 Å². The van der Waals surface area contributed by atoms with Crippen molar-refractivity contribution in [3.8, 4) is 0 Å². The van der Waals surface area contributed by atoms with Crippen LogP contribution in [0.5, 0.6) is 0 Å². The lowest BCUT2D eigenvalue weighted by molar-refractivity contribution is 0.0441. The quantitative estimate of drug-likeness (QED) is 0.617. The van der Waals surface area contributed by atoms with E-state index in [-0.39, 0.29) is 27.9 Å². The first-order chi connectivity index (χ1) is 15.4. The predicted octanol–water partition coefficient (Wildman–Crippen LogP) is 4.72. The Kier molecular flexibility index (Phi) is 7.97. The Morgan fingerprint density at radius 3 is 2.27 bits per heavy atom. The van der Waals surface area contributed by atoms with Crippen LogP contribution in [0.3, 0.4) is 0 Å². The van der Waals surface area contributed by atoms with Crippen LogP contribution < -0.4 is 5.32 Å². The van der Waals surface area contributed by atoms with Crippen molar-refractivity contribution in [3.05, 3.63) is 29.3 Å². The van der Waals surface area contributed by atoms with Crippen molar-refractivity contribution in [1.29, 1.82) is 0 Å². The maximum atomic E-state index is 13.8. The van der Waals surface area contributed by atoms with Gasteiger partial charge in [-0.05, 0) is 84.4 Å². The number of piperidine rings is 2. The fourth-order valence-electron chi connectivity index (χ4n) is 5.69. The molecule has 2 saturated heterocycles. The molecular weight excluding hydrogens is 434 g/mol. The van der Waals surface area contributed by atoms with Crippen molar-refractivity contribution in [2.75, 3.05) is 19.6 Å². The Morgan fingerprint density at radius 1 is 1.09 bits per heavy atom. The standard InChI is InChI=1S/C26H43N3O3S/c1-7-8-16-29(22-18-25(3,4)27-26(5,6)19-22)24(30)21-13-12-20(2)23(17-21)33(31,32)28-14-10-9-11-15-28/h12-13,17,22,27H,7-11,14-16,18-19H2,1-6H3. The van der Waals surface area contributed by atoms with Gasteiger partial charge in [-0.3, -0.25) is 4.79 Å². The average Bonchev–Trinajstić information content (AvgIpc) is 2.72. The van der Waals surface area contributed by atoms with Gasteiger partial charge in [-0.1, -0.05) is 25.8 Å².